The van der Waals surface area contributed by atoms with Gasteiger partial charge in [-0.25, -0.2) is 4.79 Å². The molecule has 0 aliphatic heterocycles. The van der Waals surface area contributed by atoms with Crippen LogP contribution in [0.5, 0.6) is 0 Å². The lowest BCUT2D eigenvalue weighted by Gasteiger charge is -2.18. The first-order chi connectivity index (χ1) is 13.3. The van der Waals surface area contributed by atoms with Gasteiger partial charge < -0.3 is 20.9 Å². The van der Waals surface area contributed by atoms with Crippen molar-refractivity contribution in [2.45, 2.75) is 25.3 Å². The van der Waals surface area contributed by atoms with Crippen LogP contribution >= 0.6 is 0 Å². The van der Waals surface area contributed by atoms with E-state index in [0.29, 0.717) is 6.42 Å². The van der Waals surface area contributed by atoms with Crippen molar-refractivity contribution < 1.29 is 24.2 Å². The highest BCUT2D eigenvalue weighted by molar-refractivity contribution is 6.35. The van der Waals surface area contributed by atoms with Crippen molar-refractivity contribution in [1.82, 2.24) is 5.32 Å². The number of aliphatic carboxylic acids is 1. The highest BCUT2D eigenvalue weighted by atomic mass is 16.6. The Morgan fingerprint density at radius 1 is 1.04 bits per heavy atom. The Kier molecular flexibility index (Phi) is 7.27. The first-order valence-electron chi connectivity index (χ1n) is 8.58. The smallest absolute Gasteiger partial charge is 0.411 e. The molecule has 0 bridgehead atoms. The maximum atomic E-state index is 11.9. The minimum atomic E-state index is -1.27. The molecule has 5 N–H and O–H groups in total. The van der Waals surface area contributed by atoms with Gasteiger partial charge in [-0.2, -0.15) is 0 Å². The van der Waals surface area contributed by atoms with E-state index in [0.717, 1.165) is 16.7 Å². The number of benzene rings is 2. The molecule has 0 saturated carbocycles. The van der Waals surface area contributed by atoms with E-state index in [-0.39, 0.29) is 12.8 Å². The lowest BCUT2D eigenvalue weighted by molar-refractivity contribution is -0.137. The fourth-order valence-electron chi connectivity index (χ4n) is 2.67. The highest BCUT2D eigenvalue weighted by Crippen LogP contribution is 2.20. The van der Waals surface area contributed by atoms with Crippen LogP contribution in [0.2, 0.25) is 0 Å². The predicted octanol–water partition coefficient (Wildman–Crippen LogP) is 2.32. The van der Waals surface area contributed by atoms with E-state index in [1.54, 1.807) is 0 Å². The molecule has 1 atom stereocenters. The molecule has 0 spiro atoms. The summed E-state index contributed by atoms with van der Waals surface area (Å²) in [5, 5.41) is 18.8. The summed E-state index contributed by atoms with van der Waals surface area (Å²) in [6, 6.07) is 17.0. The van der Waals surface area contributed by atoms with Crippen LogP contribution in [0.3, 0.4) is 0 Å². The molecule has 0 radical (unpaired) electrons. The molecule has 28 heavy (non-hydrogen) atoms. The van der Waals surface area contributed by atoms with Gasteiger partial charge in [0, 0.05) is 12.5 Å². The zero-order valence-corrected chi connectivity index (χ0v) is 15.1. The molecule has 8 nitrogen and oxygen atoms in total. The van der Waals surface area contributed by atoms with Crippen LogP contribution in [0.1, 0.15) is 18.4 Å². The van der Waals surface area contributed by atoms with Gasteiger partial charge >= 0.3 is 18.0 Å². The summed E-state index contributed by atoms with van der Waals surface area (Å²) in [5.74, 6) is -2.87. The van der Waals surface area contributed by atoms with Crippen LogP contribution in [0, 0.1) is 5.41 Å². The summed E-state index contributed by atoms with van der Waals surface area (Å²) >= 11 is 0. The number of rotatable bonds is 7. The SMILES string of the molecule is N=C(OC(N)=O)C(=O)NC(CCC(=O)O)Cc1ccc(-c2ccccc2)cc1. The monoisotopic (exact) mass is 383 g/mol. The largest absolute Gasteiger partial charge is 0.481 e. The topological polar surface area (TPSA) is 143 Å². The van der Waals surface area contributed by atoms with E-state index in [4.69, 9.17) is 16.2 Å². The molecule has 0 aromatic heterocycles. The molecule has 0 aliphatic carbocycles. The van der Waals surface area contributed by atoms with Crippen LogP contribution in [0.15, 0.2) is 54.6 Å². The number of carbonyl (C=O) groups is 3. The van der Waals surface area contributed by atoms with Gasteiger partial charge in [0.2, 0.25) is 0 Å². The van der Waals surface area contributed by atoms with Gasteiger partial charge in [-0.3, -0.25) is 15.0 Å². The molecule has 0 heterocycles. The van der Waals surface area contributed by atoms with Crippen LogP contribution in [-0.4, -0.2) is 35.0 Å². The van der Waals surface area contributed by atoms with Gasteiger partial charge in [0.1, 0.15) is 0 Å². The highest BCUT2D eigenvalue weighted by Gasteiger charge is 2.20. The third kappa shape index (κ3) is 6.56. The van der Waals surface area contributed by atoms with Gasteiger partial charge in [0.15, 0.2) is 0 Å². The maximum absolute atomic E-state index is 11.9. The third-order valence-electron chi connectivity index (χ3n) is 3.99. The molecule has 146 valence electrons. The molecule has 0 fully saturated rings. The number of hydrogen-bond acceptors (Lipinski definition) is 5. The van der Waals surface area contributed by atoms with Crippen molar-refractivity contribution in [3.05, 3.63) is 60.2 Å². The van der Waals surface area contributed by atoms with E-state index in [1.165, 1.54) is 0 Å². The van der Waals surface area contributed by atoms with Crippen LogP contribution in [-0.2, 0) is 20.7 Å². The maximum Gasteiger partial charge on any atom is 0.411 e. The Bertz CT molecular complexity index is 850. The zero-order valence-electron chi connectivity index (χ0n) is 15.1. The fraction of sp³-hybridized carbons (Fsp3) is 0.200. The van der Waals surface area contributed by atoms with Gasteiger partial charge in [0.05, 0.1) is 0 Å². The molecule has 0 saturated heterocycles. The lowest BCUT2D eigenvalue weighted by Crippen LogP contribution is -2.42. The second-order valence-electron chi connectivity index (χ2n) is 6.12. The Morgan fingerprint density at radius 3 is 2.21 bits per heavy atom. The predicted molar refractivity (Wildman–Crippen MR) is 103 cm³/mol. The molecular formula is C20H21N3O5. The Hall–Kier alpha value is -3.68. The number of carboxylic acid groups (broad SMARTS) is 1. The summed E-state index contributed by atoms with van der Waals surface area (Å²) in [6.07, 6.45) is -0.904. The minimum Gasteiger partial charge on any atom is -0.481 e. The van der Waals surface area contributed by atoms with Crippen molar-refractivity contribution in [1.29, 1.82) is 5.41 Å². The van der Waals surface area contributed by atoms with Gasteiger partial charge in [-0.05, 0) is 29.5 Å². The molecule has 2 amide bonds. The number of ether oxygens (including phenoxy) is 1. The molecule has 2 aromatic carbocycles. The number of carboxylic acids is 1. The molecular weight excluding hydrogens is 362 g/mol. The van der Waals surface area contributed by atoms with Crippen molar-refractivity contribution in [2.24, 2.45) is 5.73 Å². The zero-order chi connectivity index (χ0) is 20.5. The molecule has 1 unspecified atom stereocenters. The van der Waals surface area contributed by atoms with Crippen LogP contribution in [0.25, 0.3) is 11.1 Å². The number of primary amides is 1. The van der Waals surface area contributed by atoms with E-state index >= 15 is 0 Å². The van der Waals surface area contributed by atoms with E-state index in [2.05, 4.69) is 10.1 Å². The Balaban J connectivity index is 2.06. The molecule has 2 aromatic rings. The Morgan fingerprint density at radius 2 is 1.64 bits per heavy atom. The average molecular weight is 383 g/mol. The van der Waals surface area contributed by atoms with E-state index in [1.807, 2.05) is 54.6 Å². The van der Waals surface area contributed by atoms with E-state index < -0.39 is 29.9 Å². The second-order valence-corrected chi connectivity index (χ2v) is 6.12. The van der Waals surface area contributed by atoms with Crippen molar-refractivity contribution in [3.63, 3.8) is 0 Å². The standard InChI is InChI=1S/C20H21N3O5/c21-18(28-20(22)27)19(26)23-16(10-11-17(24)25)12-13-6-8-15(9-7-13)14-4-2-1-3-5-14/h1-9,16,21H,10-12H2,(H2,22,27)(H,23,26)(H,24,25). The number of nitrogens with one attached hydrogen (secondary N) is 2. The quantitative estimate of drug-likeness (QED) is 0.429. The summed E-state index contributed by atoms with van der Waals surface area (Å²) in [6.45, 7) is 0. The van der Waals surface area contributed by atoms with Gasteiger partial charge in [-0.15, -0.1) is 0 Å². The first kappa shape index (κ1) is 20.6. The number of carbonyl (C=O) groups excluding carboxylic acids is 2. The van der Waals surface area contributed by atoms with Crippen LogP contribution < -0.4 is 11.1 Å². The summed E-state index contributed by atoms with van der Waals surface area (Å²) in [7, 11) is 0. The number of nitrogens with two attached hydrogens (primary N) is 1. The van der Waals surface area contributed by atoms with Gasteiger partial charge in [-0.1, -0.05) is 54.6 Å². The number of amides is 2. The minimum absolute atomic E-state index is 0.156. The second kappa shape index (κ2) is 9.86. The Labute approximate surface area is 161 Å². The summed E-state index contributed by atoms with van der Waals surface area (Å²) in [5.41, 5.74) is 7.78. The molecule has 0 aliphatic rings. The summed E-state index contributed by atoms with van der Waals surface area (Å²) < 4.78 is 4.25. The van der Waals surface area contributed by atoms with Crippen LogP contribution in [0.4, 0.5) is 4.79 Å². The molecule has 8 heteroatoms. The molecule has 2 rings (SSSR count). The van der Waals surface area contributed by atoms with E-state index in [9.17, 15) is 14.4 Å². The third-order valence-corrected chi connectivity index (χ3v) is 3.99. The van der Waals surface area contributed by atoms with Crippen molar-refractivity contribution in [3.8, 4) is 11.1 Å². The number of hydrogen-bond donors (Lipinski definition) is 4. The van der Waals surface area contributed by atoms with Crippen molar-refractivity contribution in [2.75, 3.05) is 0 Å². The van der Waals surface area contributed by atoms with Crippen molar-refractivity contribution >= 4 is 23.9 Å². The lowest BCUT2D eigenvalue weighted by atomic mass is 9.98. The van der Waals surface area contributed by atoms with Gasteiger partial charge in [0.25, 0.3) is 5.90 Å². The fourth-order valence-corrected chi connectivity index (χ4v) is 2.67. The normalized spacial score (nSPS) is 11.3. The first-order valence-corrected chi connectivity index (χ1v) is 8.58. The summed E-state index contributed by atoms with van der Waals surface area (Å²) in [4.78, 5) is 33.5. The average Bonchev–Trinajstić information content (AvgIpc) is 2.66.